The van der Waals surface area contributed by atoms with Crippen LogP contribution < -0.4 is 4.90 Å². The van der Waals surface area contributed by atoms with E-state index >= 15 is 0 Å². The molecule has 1 aliphatic carbocycles. The van der Waals surface area contributed by atoms with Gasteiger partial charge < -0.3 is 14.5 Å². The average molecular weight is 282 g/mol. The molecule has 1 aliphatic heterocycles. The minimum Gasteiger partial charge on any atom is -0.365 e. The second kappa shape index (κ2) is 5.05. The minimum atomic E-state index is -0.392. The van der Waals surface area contributed by atoms with Gasteiger partial charge in [-0.15, -0.1) is 10.2 Å². The van der Waals surface area contributed by atoms with Crippen molar-refractivity contribution in [1.29, 1.82) is 0 Å². The van der Waals surface area contributed by atoms with Crippen molar-refractivity contribution in [3.63, 3.8) is 0 Å². The van der Waals surface area contributed by atoms with Gasteiger partial charge in [0, 0.05) is 26.6 Å². The van der Waals surface area contributed by atoms with E-state index < -0.39 is 6.10 Å². The number of ether oxygens (including phenoxy) is 1. The summed E-state index contributed by atoms with van der Waals surface area (Å²) >= 11 is 1.66. The smallest absolute Gasteiger partial charge is 0.253 e. The minimum absolute atomic E-state index is 0.0108. The highest BCUT2D eigenvalue weighted by Crippen LogP contribution is 2.42. The fourth-order valence-corrected chi connectivity index (χ4v) is 3.16. The Labute approximate surface area is 116 Å². The Hall–Kier alpha value is -1.21. The Bertz CT molecular complexity index is 472. The largest absolute Gasteiger partial charge is 0.365 e. The van der Waals surface area contributed by atoms with Crippen LogP contribution in [0.2, 0.25) is 0 Å². The number of carbonyl (C=O) groups is 1. The van der Waals surface area contributed by atoms with Crippen LogP contribution >= 0.6 is 11.3 Å². The summed E-state index contributed by atoms with van der Waals surface area (Å²) in [5, 5.41) is 10.6. The number of morpholine rings is 1. The van der Waals surface area contributed by atoms with Gasteiger partial charge in [0.25, 0.3) is 5.91 Å². The Balaban J connectivity index is 1.68. The molecule has 104 valence electrons. The first-order valence-corrected chi connectivity index (χ1v) is 7.38. The number of rotatable bonds is 3. The first kappa shape index (κ1) is 12.8. The normalized spacial score (nSPS) is 23.5. The van der Waals surface area contributed by atoms with Crippen LogP contribution in [0, 0.1) is 0 Å². The number of aromatic nitrogens is 2. The summed E-state index contributed by atoms with van der Waals surface area (Å²) in [6.45, 7) is 1.90. The lowest BCUT2D eigenvalue weighted by Crippen LogP contribution is -2.49. The lowest BCUT2D eigenvalue weighted by Gasteiger charge is -2.32. The fourth-order valence-electron chi connectivity index (χ4n) is 2.11. The topological polar surface area (TPSA) is 58.6 Å². The third-order valence-corrected chi connectivity index (χ3v) is 4.56. The summed E-state index contributed by atoms with van der Waals surface area (Å²) in [6, 6.07) is 0. The van der Waals surface area contributed by atoms with Gasteiger partial charge in [0.2, 0.25) is 5.13 Å². The summed E-state index contributed by atoms with van der Waals surface area (Å²) in [6.07, 6.45) is 2.08. The zero-order valence-corrected chi connectivity index (χ0v) is 12.0. The molecule has 1 aromatic rings. The monoisotopic (exact) mass is 282 g/mol. The molecule has 7 heteroatoms. The average Bonchev–Trinajstić information content (AvgIpc) is 3.15. The van der Waals surface area contributed by atoms with Crippen molar-refractivity contribution < 1.29 is 9.53 Å². The van der Waals surface area contributed by atoms with Crippen molar-refractivity contribution in [2.45, 2.75) is 24.9 Å². The standard InChI is InChI=1S/C12H18N4O2S/c1-15(2)11(17)9-7-16(5-6-18-9)12-14-13-10(19-12)8-3-4-8/h8-9H,3-7H2,1-2H3. The molecule has 0 N–H and O–H groups in total. The molecule has 3 rings (SSSR count). The third kappa shape index (κ3) is 2.71. The van der Waals surface area contributed by atoms with Crippen LogP contribution in [0.25, 0.3) is 0 Å². The quantitative estimate of drug-likeness (QED) is 0.817. The highest BCUT2D eigenvalue weighted by atomic mass is 32.1. The summed E-state index contributed by atoms with van der Waals surface area (Å²) in [4.78, 5) is 15.6. The van der Waals surface area contributed by atoms with Crippen LogP contribution in [-0.2, 0) is 9.53 Å². The molecular formula is C12H18N4O2S. The van der Waals surface area contributed by atoms with Crippen molar-refractivity contribution in [1.82, 2.24) is 15.1 Å². The Morgan fingerprint density at radius 1 is 1.42 bits per heavy atom. The summed E-state index contributed by atoms with van der Waals surface area (Å²) in [7, 11) is 3.50. The zero-order valence-electron chi connectivity index (χ0n) is 11.2. The van der Waals surface area contributed by atoms with E-state index in [2.05, 4.69) is 15.1 Å². The van der Waals surface area contributed by atoms with Crippen molar-refractivity contribution >= 4 is 22.4 Å². The summed E-state index contributed by atoms with van der Waals surface area (Å²) < 4.78 is 5.54. The van der Waals surface area contributed by atoms with Gasteiger partial charge in [0.1, 0.15) is 5.01 Å². The number of carbonyl (C=O) groups excluding carboxylic acids is 1. The fraction of sp³-hybridized carbons (Fsp3) is 0.750. The summed E-state index contributed by atoms with van der Waals surface area (Å²) in [5.41, 5.74) is 0. The molecule has 1 atom stereocenters. The lowest BCUT2D eigenvalue weighted by atomic mass is 10.2. The molecule has 0 aromatic carbocycles. The Morgan fingerprint density at radius 2 is 2.21 bits per heavy atom. The molecule has 1 saturated heterocycles. The maximum atomic E-state index is 11.9. The van der Waals surface area contributed by atoms with Crippen LogP contribution in [0.3, 0.4) is 0 Å². The van der Waals surface area contributed by atoms with Gasteiger partial charge in [0.15, 0.2) is 6.10 Å². The van der Waals surface area contributed by atoms with Crippen molar-refractivity contribution in [3.8, 4) is 0 Å². The molecule has 19 heavy (non-hydrogen) atoms. The van der Waals surface area contributed by atoms with Gasteiger partial charge in [-0.1, -0.05) is 11.3 Å². The van der Waals surface area contributed by atoms with E-state index in [1.807, 2.05) is 0 Å². The molecule has 0 bridgehead atoms. The molecule has 0 radical (unpaired) electrons. The second-order valence-corrected chi connectivity index (χ2v) is 6.22. The SMILES string of the molecule is CN(C)C(=O)C1CN(c2nnc(C3CC3)s2)CCO1. The third-order valence-electron chi connectivity index (χ3n) is 3.41. The van der Waals surface area contributed by atoms with Crippen LogP contribution in [0.15, 0.2) is 0 Å². The molecule has 2 heterocycles. The maximum Gasteiger partial charge on any atom is 0.253 e. The van der Waals surface area contributed by atoms with Crippen LogP contribution in [0.5, 0.6) is 0 Å². The van der Waals surface area contributed by atoms with Crippen molar-refractivity contribution in [2.75, 3.05) is 38.7 Å². The number of hydrogen-bond donors (Lipinski definition) is 0. The van der Waals surface area contributed by atoms with E-state index in [-0.39, 0.29) is 5.91 Å². The van der Waals surface area contributed by atoms with Crippen LogP contribution in [0.4, 0.5) is 5.13 Å². The van der Waals surface area contributed by atoms with Crippen molar-refractivity contribution in [2.24, 2.45) is 0 Å². The van der Waals surface area contributed by atoms with Gasteiger partial charge in [-0.25, -0.2) is 0 Å². The Kier molecular flexibility index (Phi) is 3.40. The van der Waals surface area contributed by atoms with Crippen molar-refractivity contribution in [3.05, 3.63) is 5.01 Å². The number of hydrogen-bond acceptors (Lipinski definition) is 6. The molecule has 1 saturated carbocycles. The molecule has 2 fully saturated rings. The van der Waals surface area contributed by atoms with E-state index in [9.17, 15) is 4.79 Å². The highest BCUT2D eigenvalue weighted by Gasteiger charge is 2.32. The predicted octanol–water partition coefficient (Wildman–Crippen LogP) is 0.709. The molecule has 1 unspecified atom stereocenters. The molecule has 1 amide bonds. The highest BCUT2D eigenvalue weighted by molar-refractivity contribution is 7.15. The predicted molar refractivity (Wildman–Crippen MR) is 72.5 cm³/mol. The molecule has 6 nitrogen and oxygen atoms in total. The van der Waals surface area contributed by atoms with Gasteiger partial charge in [-0.3, -0.25) is 4.79 Å². The first-order valence-electron chi connectivity index (χ1n) is 6.56. The van der Waals surface area contributed by atoms with Crippen LogP contribution in [0.1, 0.15) is 23.8 Å². The van der Waals surface area contributed by atoms with Gasteiger partial charge in [-0.2, -0.15) is 0 Å². The number of nitrogens with zero attached hydrogens (tertiary/aromatic N) is 4. The van der Waals surface area contributed by atoms with Gasteiger partial charge in [0.05, 0.1) is 13.2 Å². The number of amides is 1. The summed E-state index contributed by atoms with van der Waals surface area (Å²) in [5.74, 6) is 0.642. The van der Waals surface area contributed by atoms with Gasteiger partial charge >= 0.3 is 0 Å². The first-order chi connectivity index (χ1) is 9.15. The van der Waals surface area contributed by atoms with E-state index in [0.29, 0.717) is 19.1 Å². The van der Waals surface area contributed by atoms with Gasteiger partial charge in [-0.05, 0) is 12.8 Å². The van der Waals surface area contributed by atoms with E-state index in [1.54, 1.807) is 30.3 Å². The van der Waals surface area contributed by atoms with E-state index in [0.717, 1.165) is 16.7 Å². The Morgan fingerprint density at radius 3 is 2.89 bits per heavy atom. The molecule has 2 aliphatic rings. The second-order valence-electron chi connectivity index (χ2n) is 5.24. The maximum absolute atomic E-state index is 11.9. The number of likely N-dealkylation sites (N-methyl/N-ethyl adjacent to an activating group) is 1. The van der Waals surface area contributed by atoms with Crippen LogP contribution in [-0.4, -0.2) is 60.9 Å². The molecule has 0 spiro atoms. The number of anilines is 1. The van der Waals surface area contributed by atoms with E-state index in [4.69, 9.17) is 4.74 Å². The molecular weight excluding hydrogens is 264 g/mol. The zero-order chi connectivity index (χ0) is 13.4. The van der Waals surface area contributed by atoms with E-state index in [1.165, 1.54) is 12.8 Å². The lowest BCUT2D eigenvalue weighted by molar-refractivity contribution is -0.141. The molecule has 1 aromatic heterocycles.